The zero-order valence-electron chi connectivity index (χ0n) is 10.8. The molecule has 1 fully saturated rings. The van der Waals surface area contributed by atoms with Crippen molar-refractivity contribution in [1.82, 2.24) is 9.80 Å². The van der Waals surface area contributed by atoms with Crippen LogP contribution in [0.3, 0.4) is 0 Å². The van der Waals surface area contributed by atoms with Crippen LogP contribution < -0.4 is 0 Å². The van der Waals surface area contributed by atoms with Gasteiger partial charge >= 0.3 is 0 Å². The first-order valence-corrected chi connectivity index (χ1v) is 6.89. The lowest BCUT2D eigenvalue weighted by Gasteiger charge is -2.47. The molecule has 1 rings (SSSR count). The second-order valence-electron chi connectivity index (χ2n) is 6.24. The van der Waals surface area contributed by atoms with E-state index in [1.807, 2.05) is 0 Å². The van der Waals surface area contributed by atoms with E-state index in [4.69, 9.17) is 0 Å². The van der Waals surface area contributed by atoms with E-state index in [1.54, 1.807) is 0 Å². The molecule has 0 aromatic carbocycles. The molecule has 1 aliphatic rings. The fraction of sp³-hybridized carbons (Fsp3) is 1.00. The van der Waals surface area contributed by atoms with Crippen LogP contribution in [-0.2, 0) is 0 Å². The van der Waals surface area contributed by atoms with E-state index in [0.717, 1.165) is 5.33 Å². The minimum atomic E-state index is 0.320. The lowest BCUT2D eigenvalue weighted by molar-refractivity contribution is 0.0251. The normalized spacial score (nSPS) is 24.4. The molecule has 90 valence electrons. The number of piperazine rings is 1. The van der Waals surface area contributed by atoms with Gasteiger partial charge in [-0.3, -0.25) is 9.80 Å². The zero-order chi connectivity index (χ0) is 11.7. The Hall–Kier alpha value is 0.400. The van der Waals surface area contributed by atoms with Crippen molar-refractivity contribution in [3.05, 3.63) is 0 Å². The highest BCUT2D eigenvalue weighted by Crippen LogP contribution is 2.24. The Morgan fingerprint density at radius 1 is 1.27 bits per heavy atom. The molecule has 0 aromatic heterocycles. The molecule has 0 saturated carbocycles. The van der Waals surface area contributed by atoms with E-state index in [9.17, 15) is 0 Å². The van der Waals surface area contributed by atoms with E-state index in [1.165, 1.54) is 26.2 Å². The molecule has 0 amide bonds. The zero-order valence-corrected chi connectivity index (χ0v) is 12.4. The van der Waals surface area contributed by atoms with Gasteiger partial charge in [-0.25, -0.2) is 0 Å². The van der Waals surface area contributed by atoms with E-state index < -0.39 is 0 Å². The molecule has 0 aromatic rings. The molecule has 0 unspecified atom stereocenters. The van der Waals surface area contributed by atoms with Crippen molar-refractivity contribution in [2.24, 2.45) is 5.41 Å². The third kappa shape index (κ3) is 3.72. The van der Waals surface area contributed by atoms with Crippen molar-refractivity contribution in [3.8, 4) is 0 Å². The lowest BCUT2D eigenvalue weighted by atomic mass is 9.93. The summed E-state index contributed by atoms with van der Waals surface area (Å²) >= 11 is 3.60. The third-order valence-corrected chi connectivity index (χ3v) is 4.93. The minimum Gasteiger partial charge on any atom is -0.300 e. The van der Waals surface area contributed by atoms with Gasteiger partial charge in [-0.2, -0.15) is 0 Å². The molecule has 0 bridgehead atoms. The maximum Gasteiger partial charge on any atom is 0.0277 e. The molecule has 1 saturated heterocycles. The van der Waals surface area contributed by atoms with E-state index >= 15 is 0 Å². The van der Waals surface area contributed by atoms with Crippen molar-refractivity contribution in [2.45, 2.75) is 33.2 Å². The molecule has 0 atom stereocenters. The van der Waals surface area contributed by atoms with Crippen molar-refractivity contribution in [3.63, 3.8) is 0 Å². The average Bonchev–Trinajstić information content (AvgIpc) is 2.10. The first-order chi connectivity index (χ1) is 6.77. The Labute approximate surface area is 103 Å². The first kappa shape index (κ1) is 13.5. The van der Waals surface area contributed by atoms with Crippen molar-refractivity contribution < 1.29 is 0 Å². The molecule has 2 nitrogen and oxygen atoms in total. The Kier molecular flexibility index (Phi) is 4.24. The van der Waals surface area contributed by atoms with Crippen LogP contribution in [0.15, 0.2) is 0 Å². The van der Waals surface area contributed by atoms with Gasteiger partial charge in [-0.15, -0.1) is 0 Å². The molecule has 0 spiro atoms. The van der Waals surface area contributed by atoms with Gasteiger partial charge in [0.2, 0.25) is 0 Å². The second kappa shape index (κ2) is 4.72. The van der Waals surface area contributed by atoms with Crippen LogP contribution in [0.2, 0.25) is 0 Å². The van der Waals surface area contributed by atoms with Crippen molar-refractivity contribution in [1.29, 1.82) is 0 Å². The van der Waals surface area contributed by atoms with E-state index in [2.05, 4.69) is 60.5 Å². The van der Waals surface area contributed by atoms with Crippen LogP contribution in [-0.4, -0.2) is 53.9 Å². The standard InChI is InChI=1S/C12H25BrN2/c1-11(2,8-13)9-15-7-6-14(5)12(3,4)10-15/h6-10H2,1-5H3. The molecule has 3 heteroatoms. The predicted octanol–water partition coefficient (Wildman–Crippen LogP) is 2.43. The Bertz CT molecular complexity index is 212. The summed E-state index contributed by atoms with van der Waals surface area (Å²) in [4.78, 5) is 5.06. The Morgan fingerprint density at radius 2 is 1.87 bits per heavy atom. The van der Waals surface area contributed by atoms with Crippen LogP contribution in [0.1, 0.15) is 27.7 Å². The van der Waals surface area contributed by atoms with Gasteiger partial charge in [0.1, 0.15) is 0 Å². The predicted molar refractivity (Wildman–Crippen MR) is 70.7 cm³/mol. The van der Waals surface area contributed by atoms with Crippen molar-refractivity contribution >= 4 is 15.9 Å². The smallest absolute Gasteiger partial charge is 0.0277 e. The fourth-order valence-corrected chi connectivity index (χ4v) is 2.30. The maximum atomic E-state index is 3.60. The maximum absolute atomic E-state index is 3.60. The first-order valence-electron chi connectivity index (χ1n) is 5.76. The summed E-state index contributed by atoms with van der Waals surface area (Å²) in [5, 5.41) is 1.08. The van der Waals surface area contributed by atoms with Gasteiger partial charge in [0.05, 0.1) is 0 Å². The number of hydrogen-bond acceptors (Lipinski definition) is 2. The summed E-state index contributed by atoms with van der Waals surface area (Å²) in [6.07, 6.45) is 0. The SMILES string of the molecule is CN1CCN(CC(C)(C)CBr)CC1(C)C. The summed E-state index contributed by atoms with van der Waals surface area (Å²) < 4.78 is 0. The Balaban J connectivity index is 2.53. The topological polar surface area (TPSA) is 6.48 Å². The van der Waals surface area contributed by atoms with Gasteiger partial charge in [-0.05, 0) is 26.3 Å². The summed E-state index contributed by atoms with van der Waals surface area (Å²) in [6.45, 7) is 14.1. The van der Waals surface area contributed by atoms with Gasteiger partial charge < -0.3 is 0 Å². The van der Waals surface area contributed by atoms with Crippen LogP contribution >= 0.6 is 15.9 Å². The number of rotatable bonds is 3. The number of nitrogens with zero attached hydrogens (tertiary/aromatic N) is 2. The molecule has 0 N–H and O–H groups in total. The molecule has 1 heterocycles. The second-order valence-corrected chi connectivity index (χ2v) is 6.80. The quantitative estimate of drug-likeness (QED) is 0.731. The van der Waals surface area contributed by atoms with Crippen molar-refractivity contribution in [2.75, 3.05) is 38.6 Å². The van der Waals surface area contributed by atoms with Crippen LogP contribution in [0, 0.1) is 5.41 Å². The lowest BCUT2D eigenvalue weighted by Crippen LogP contribution is -2.58. The number of likely N-dealkylation sites (N-methyl/N-ethyl adjacent to an activating group) is 1. The summed E-state index contributed by atoms with van der Waals surface area (Å²) in [7, 11) is 2.23. The van der Waals surface area contributed by atoms with Gasteiger partial charge in [0.25, 0.3) is 0 Å². The van der Waals surface area contributed by atoms with Crippen LogP contribution in [0.25, 0.3) is 0 Å². The van der Waals surface area contributed by atoms with Crippen LogP contribution in [0.5, 0.6) is 0 Å². The monoisotopic (exact) mass is 276 g/mol. The summed E-state index contributed by atoms with van der Waals surface area (Å²) in [5.74, 6) is 0. The average molecular weight is 277 g/mol. The highest BCUT2D eigenvalue weighted by atomic mass is 79.9. The molecular formula is C12H25BrN2. The summed E-state index contributed by atoms with van der Waals surface area (Å²) in [6, 6.07) is 0. The largest absolute Gasteiger partial charge is 0.300 e. The van der Waals surface area contributed by atoms with Gasteiger partial charge in [-0.1, -0.05) is 29.8 Å². The number of halogens is 1. The van der Waals surface area contributed by atoms with E-state index in [0.29, 0.717) is 11.0 Å². The number of hydrogen-bond donors (Lipinski definition) is 0. The van der Waals surface area contributed by atoms with E-state index in [-0.39, 0.29) is 0 Å². The molecule has 0 aliphatic carbocycles. The number of alkyl halides is 1. The minimum absolute atomic E-state index is 0.320. The fourth-order valence-electron chi connectivity index (χ4n) is 2.12. The van der Waals surface area contributed by atoms with Gasteiger partial charge in [0.15, 0.2) is 0 Å². The summed E-state index contributed by atoms with van der Waals surface area (Å²) in [5.41, 5.74) is 0.701. The third-order valence-electron chi connectivity index (χ3n) is 3.41. The molecule has 0 radical (unpaired) electrons. The Morgan fingerprint density at radius 3 is 2.33 bits per heavy atom. The molecular weight excluding hydrogens is 252 g/mol. The van der Waals surface area contributed by atoms with Gasteiger partial charge in [0, 0.05) is 37.0 Å². The van der Waals surface area contributed by atoms with Crippen LogP contribution in [0.4, 0.5) is 0 Å². The highest BCUT2D eigenvalue weighted by molar-refractivity contribution is 9.09. The molecule has 15 heavy (non-hydrogen) atoms. The highest BCUT2D eigenvalue weighted by Gasteiger charge is 2.33. The molecule has 1 aliphatic heterocycles.